The minimum absolute atomic E-state index is 0.0870. The van der Waals surface area contributed by atoms with Gasteiger partial charge in [0.1, 0.15) is 0 Å². The third-order valence-corrected chi connectivity index (χ3v) is 5.66. The van der Waals surface area contributed by atoms with Crippen molar-refractivity contribution in [3.8, 4) is 0 Å². The van der Waals surface area contributed by atoms with Gasteiger partial charge in [-0.3, -0.25) is 4.79 Å². The third kappa shape index (κ3) is 2.08. The maximum atomic E-state index is 11.8. The van der Waals surface area contributed by atoms with Crippen molar-refractivity contribution >= 4 is 16.0 Å². The van der Waals surface area contributed by atoms with Crippen LogP contribution in [0.2, 0.25) is 0 Å². The van der Waals surface area contributed by atoms with E-state index in [1.54, 1.807) is 0 Å². The maximum absolute atomic E-state index is 11.8. The van der Waals surface area contributed by atoms with Gasteiger partial charge in [-0.05, 0) is 25.2 Å². The third-order valence-electron chi connectivity index (χ3n) is 3.51. The van der Waals surface area contributed by atoms with Gasteiger partial charge < -0.3 is 5.11 Å². The molecule has 0 aromatic carbocycles. The normalized spacial score (nSPS) is 38.9. The van der Waals surface area contributed by atoms with E-state index in [0.717, 1.165) is 0 Å². The molecule has 1 aliphatic heterocycles. The van der Waals surface area contributed by atoms with E-state index in [9.17, 15) is 13.2 Å². The van der Waals surface area contributed by atoms with E-state index in [0.29, 0.717) is 25.8 Å². The highest BCUT2D eigenvalue weighted by Gasteiger charge is 2.42. The summed E-state index contributed by atoms with van der Waals surface area (Å²) in [6, 6.07) is -0.0870. The zero-order valence-electron chi connectivity index (χ0n) is 9.30. The fourth-order valence-electron chi connectivity index (χ4n) is 2.75. The summed E-state index contributed by atoms with van der Waals surface area (Å²) in [6.45, 7) is 2.47. The predicted molar refractivity (Wildman–Crippen MR) is 58.4 cm³/mol. The summed E-state index contributed by atoms with van der Waals surface area (Å²) < 4.78 is 25.2. The Kier molecular flexibility index (Phi) is 2.96. The van der Waals surface area contributed by atoms with Crippen molar-refractivity contribution in [2.24, 2.45) is 11.8 Å². The lowest BCUT2D eigenvalue weighted by Crippen LogP contribution is -2.35. The lowest BCUT2D eigenvalue weighted by Gasteiger charge is -2.22. The molecule has 2 aliphatic rings. The highest BCUT2D eigenvalue weighted by molar-refractivity contribution is 7.89. The largest absolute Gasteiger partial charge is 0.481 e. The Labute approximate surface area is 95.5 Å². The zero-order valence-corrected chi connectivity index (χ0v) is 10.1. The Balaban J connectivity index is 2.08. The van der Waals surface area contributed by atoms with Gasteiger partial charge in [0, 0.05) is 12.6 Å². The second-order valence-electron chi connectivity index (χ2n) is 4.96. The molecule has 5 nitrogen and oxygen atoms in total. The molecule has 0 aromatic heterocycles. The molecule has 1 N–H and O–H groups in total. The predicted octanol–water partition coefficient (Wildman–Crippen LogP) is 0.521. The van der Waals surface area contributed by atoms with Gasteiger partial charge in [0.15, 0.2) is 0 Å². The van der Waals surface area contributed by atoms with Crippen LogP contribution in [0.5, 0.6) is 0 Å². The molecular formula is C10H17NO4S. The fourth-order valence-corrected chi connectivity index (χ4v) is 4.89. The molecule has 0 bridgehead atoms. The molecule has 16 heavy (non-hydrogen) atoms. The van der Waals surface area contributed by atoms with Gasteiger partial charge in [0.2, 0.25) is 10.0 Å². The number of aliphatic carboxylic acids is 1. The van der Waals surface area contributed by atoms with Crippen LogP contribution in [0.15, 0.2) is 0 Å². The van der Waals surface area contributed by atoms with Crippen molar-refractivity contribution < 1.29 is 18.3 Å². The van der Waals surface area contributed by atoms with Crippen molar-refractivity contribution in [3.63, 3.8) is 0 Å². The molecule has 2 fully saturated rings. The first kappa shape index (κ1) is 11.9. The Bertz CT molecular complexity index is 392. The van der Waals surface area contributed by atoms with Crippen molar-refractivity contribution in [2.75, 3.05) is 12.3 Å². The smallest absolute Gasteiger partial charge is 0.306 e. The van der Waals surface area contributed by atoms with Gasteiger partial charge >= 0.3 is 5.97 Å². The lowest BCUT2D eigenvalue weighted by atomic mass is 10.1. The number of carboxylic acids is 1. The van der Waals surface area contributed by atoms with Gasteiger partial charge in [-0.25, -0.2) is 8.42 Å². The Hall–Kier alpha value is -0.620. The molecule has 2 rings (SSSR count). The van der Waals surface area contributed by atoms with Crippen molar-refractivity contribution in [2.45, 2.75) is 32.2 Å². The molecule has 92 valence electrons. The lowest BCUT2D eigenvalue weighted by molar-refractivity contribution is -0.141. The Morgan fingerprint density at radius 3 is 2.50 bits per heavy atom. The average Bonchev–Trinajstić information content (AvgIpc) is 2.69. The molecular weight excluding hydrogens is 230 g/mol. The Morgan fingerprint density at radius 1 is 1.38 bits per heavy atom. The van der Waals surface area contributed by atoms with Crippen molar-refractivity contribution in [1.82, 2.24) is 4.31 Å². The van der Waals surface area contributed by atoms with Crippen LogP contribution in [0.1, 0.15) is 26.2 Å². The molecule has 1 saturated heterocycles. The second-order valence-corrected chi connectivity index (χ2v) is 6.92. The molecule has 1 saturated carbocycles. The Morgan fingerprint density at radius 2 is 2.06 bits per heavy atom. The summed E-state index contributed by atoms with van der Waals surface area (Å²) in [7, 11) is -3.13. The monoisotopic (exact) mass is 247 g/mol. The number of rotatable bonds is 2. The van der Waals surface area contributed by atoms with E-state index in [-0.39, 0.29) is 23.6 Å². The minimum Gasteiger partial charge on any atom is -0.481 e. The van der Waals surface area contributed by atoms with Gasteiger partial charge in [-0.1, -0.05) is 6.92 Å². The van der Waals surface area contributed by atoms with E-state index in [2.05, 4.69) is 0 Å². The number of carbonyl (C=O) groups is 1. The summed E-state index contributed by atoms with van der Waals surface area (Å²) in [5.41, 5.74) is 0. The fraction of sp³-hybridized carbons (Fsp3) is 0.900. The van der Waals surface area contributed by atoms with Crippen LogP contribution in [-0.4, -0.2) is 42.1 Å². The average molecular weight is 247 g/mol. The van der Waals surface area contributed by atoms with Crippen LogP contribution < -0.4 is 0 Å². The summed E-state index contributed by atoms with van der Waals surface area (Å²) in [6.07, 6.45) is 1.75. The first-order chi connectivity index (χ1) is 7.40. The molecule has 0 spiro atoms. The van der Waals surface area contributed by atoms with Crippen molar-refractivity contribution in [1.29, 1.82) is 0 Å². The molecule has 6 heteroatoms. The molecule has 1 unspecified atom stereocenters. The quantitative estimate of drug-likeness (QED) is 0.772. The van der Waals surface area contributed by atoms with Gasteiger partial charge in [-0.2, -0.15) is 4.31 Å². The number of hydrogen-bond donors (Lipinski definition) is 1. The van der Waals surface area contributed by atoms with Crippen LogP contribution in [0.3, 0.4) is 0 Å². The molecule has 0 aromatic rings. The SMILES string of the molecule is CC1CN([C@H]2CC[C@@H](C(=O)O)C2)S(=O)(=O)C1. The first-order valence-electron chi connectivity index (χ1n) is 5.62. The zero-order chi connectivity index (χ0) is 11.9. The summed E-state index contributed by atoms with van der Waals surface area (Å²) >= 11 is 0. The van der Waals surface area contributed by atoms with E-state index < -0.39 is 16.0 Å². The first-order valence-corrected chi connectivity index (χ1v) is 7.23. The highest BCUT2D eigenvalue weighted by atomic mass is 32.2. The van der Waals surface area contributed by atoms with Crippen LogP contribution in [-0.2, 0) is 14.8 Å². The number of hydrogen-bond acceptors (Lipinski definition) is 3. The van der Waals surface area contributed by atoms with E-state index in [4.69, 9.17) is 5.11 Å². The van der Waals surface area contributed by atoms with Crippen LogP contribution in [0.4, 0.5) is 0 Å². The van der Waals surface area contributed by atoms with Crippen LogP contribution >= 0.6 is 0 Å². The highest BCUT2D eigenvalue weighted by Crippen LogP contribution is 2.34. The summed E-state index contributed by atoms with van der Waals surface area (Å²) in [5, 5.41) is 8.89. The van der Waals surface area contributed by atoms with Gasteiger partial charge in [-0.15, -0.1) is 0 Å². The number of nitrogens with zero attached hydrogens (tertiary/aromatic N) is 1. The molecule has 0 amide bonds. The van der Waals surface area contributed by atoms with Gasteiger partial charge in [0.05, 0.1) is 11.7 Å². The maximum Gasteiger partial charge on any atom is 0.306 e. The number of sulfonamides is 1. The summed E-state index contributed by atoms with van der Waals surface area (Å²) in [4.78, 5) is 10.8. The second kappa shape index (κ2) is 4.00. The van der Waals surface area contributed by atoms with Crippen molar-refractivity contribution in [3.05, 3.63) is 0 Å². The topological polar surface area (TPSA) is 74.7 Å². The van der Waals surface area contributed by atoms with E-state index >= 15 is 0 Å². The standard InChI is InChI=1S/C10H17NO4S/c1-7-5-11(16(14,15)6-7)9-3-2-8(4-9)10(12)13/h7-9H,2-6H2,1H3,(H,12,13)/t7?,8-,9+/m1/s1. The minimum atomic E-state index is -3.13. The van der Waals surface area contributed by atoms with E-state index in [1.165, 1.54) is 4.31 Å². The molecule has 0 radical (unpaired) electrons. The molecule has 3 atom stereocenters. The molecule has 1 aliphatic carbocycles. The van der Waals surface area contributed by atoms with E-state index in [1.807, 2.05) is 6.92 Å². The number of carboxylic acid groups (broad SMARTS) is 1. The summed E-state index contributed by atoms with van der Waals surface area (Å²) in [5.74, 6) is -0.793. The molecule has 1 heterocycles. The van der Waals surface area contributed by atoms with Crippen LogP contribution in [0.25, 0.3) is 0 Å². The van der Waals surface area contributed by atoms with Gasteiger partial charge in [0.25, 0.3) is 0 Å². The van der Waals surface area contributed by atoms with Crippen LogP contribution in [0, 0.1) is 11.8 Å².